The van der Waals surface area contributed by atoms with E-state index in [4.69, 9.17) is 23.7 Å². The van der Waals surface area contributed by atoms with Gasteiger partial charge in [-0.3, -0.25) is 14.4 Å². The second kappa shape index (κ2) is 14.1. The van der Waals surface area contributed by atoms with Crippen LogP contribution in [-0.4, -0.2) is 42.7 Å². The molecule has 0 aliphatic rings. The van der Waals surface area contributed by atoms with Gasteiger partial charge in [0.15, 0.2) is 29.1 Å². The molecule has 0 N–H and O–H groups in total. The van der Waals surface area contributed by atoms with E-state index in [1.807, 2.05) is 18.2 Å². The van der Waals surface area contributed by atoms with E-state index in [2.05, 4.69) is 4.98 Å². The summed E-state index contributed by atoms with van der Waals surface area (Å²) < 4.78 is 41.2. The number of methoxy groups -OCH3 is 1. The Hall–Kier alpha value is -4.47. The van der Waals surface area contributed by atoms with Gasteiger partial charge in [0.2, 0.25) is 6.79 Å². The fourth-order valence-corrected chi connectivity index (χ4v) is 3.94. The van der Waals surface area contributed by atoms with Crippen molar-refractivity contribution in [1.29, 1.82) is 0 Å². The van der Waals surface area contributed by atoms with Crippen LogP contribution in [0.25, 0.3) is 0 Å². The van der Waals surface area contributed by atoms with Crippen molar-refractivity contribution in [2.75, 3.05) is 13.9 Å². The molecule has 3 atom stereocenters. The van der Waals surface area contributed by atoms with Crippen molar-refractivity contribution in [3.8, 4) is 17.2 Å². The Labute approximate surface area is 232 Å². The van der Waals surface area contributed by atoms with E-state index in [1.54, 1.807) is 39.0 Å². The molecule has 3 aromatic rings. The molecule has 212 valence electrons. The maximum atomic E-state index is 13.8. The lowest BCUT2D eigenvalue weighted by Crippen LogP contribution is -2.30. The number of Topliss-reactive ketones (excluding diaryl/α,β-unsaturated/α-hetero) is 1. The number of para-hydroxylation sites is 1. The summed E-state index contributed by atoms with van der Waals surface area (Å²) in [5, 5.41) is 0. The molecule has 0 aliphatic carbocycles. The van der Waals surface area contributed by atoms with Gasteiger partial charge >= 0.3 is 11.9 Å². The molecule has 0 saturated carbocycles. The molecule has 1 heterocycles. The molecule has 10 heteroatoms. The topological polar surface area (TPSA) is 110 Å². The summed E-state index contributed by atoms with van der Waals surface area (Å²) in [6.45, 7) is 5.75. The van der Waals surface area contributed by atoms with Crippen molar-refractivity contribution in [3.05, 3.63) is 83.4 Å². The minimum atomic E-state index is -0.851. The van der Waals surface area contributed by atoms with Crippen molar-refractivity contribution in [2.45, 2.75) is 46.3 Å². The Kier molecular flexibility index (Phi) is 10.6. The van der Waals surface area contributed by atoms with Crippen molar-refractivity contribution in [2.24, 2.45) is 5.92 Å². The molecule has 40 heavy (non-hydrogen) atoms. The molecule has 0 spiro atoms. The molecule has 0 unspecified atom stereocenters. The highest BCUT2D eigenvalue weighted by Gasteiger charge is 2.30. The van der Waals surface area contributed by atoms with Gasteiger partial charge in [0.25, 0.3) is 0 Å². The van der Waals surface area contributed by atoms with Crippen molar-refractivity contribution < 1.29 is 42.5 Å². The van der Waals surface area contributed by atoms with Crippen LogP contribution in [0.1, 0.15) is 54.9 Å². The van der Waals surface area contributed by atoms with E-state index in [0.29, 0.717) is 16.9 Å². The molecule has 9 nitrogen and oxygen atoms in total. The molecule has 0 aliphatic heterocycles. The minimum Gasteiger partial charge on any atom is -0.493 e. The fraction of sp³-hybridized carbons (Fsp3) is 0.333. The maximum Gasteiger partial charge on any atom is 0.309 e. The van der Waals surface area contributed by atoms with Crippen LogP contribution in [0.4, 0.5) is 4.39 Å². The predicted octanol–water partition coefficient (Wildman–Crippen LogP) is 5.40. The Morgan fingerprint density at radius 1 is 1.02 bits per heavy atom. The Morgan fingerprint density at radius 2 is 1.75 bits per heavy atom. The number of aryl methyl sites for hydroxylation is 1. The van der Waals surface area contributed by atoms with Gasteiger partial charge in [-0.1, -0.05) is 31.2 Å². The highest BCUT2D eigenvalue weighted by Crippen LogP contribution is 2.32. The third-order valence-corrected chi connectivity index (χ3v) is 5.98. The maximum absolute atomic E-state index is 13.8. The zero-order valence-electron chi connectivity index (χ0n) is 23.0. The summed E-state index contributed by atoms with van der Waals surface area (Å²) >= 11 is 0. The highest BCUT2D eigenvalue weighted by molar-refractivity contribution is 5.99. The van der Waals surface area contributed by atoms with E-state index < -0.39 is 42.6 Å². The minimum absolute atomic E-state index is 0.00621. The summed E-state index contributed by atoms with van der Waals surface area (Å²) in [7, 11) is 1.39. The molecule has 3 rings (SSSR count). The number of benzene rings is 2. The van der Waals surface area contributed by atoms with Crippen LogP contribution in [0.2, 0.25) is 0 Å². The number of carbonyl (C=O) groups excluding carboxylic acids is 3. The van der Waals surface area contributed by atoms with Crippen LogP contribution in [0.3, 0.4) is 0 Å². The summed E-state index contributed by atoms with van der Waals surface area (Å²) in [5.74, 6) is -2.18. The fourth-order valence-electron chi connectivity index (χ4n) is 3.94. The lowest BCUT2D eigenvalue weighted by molar-refractivity contribution is -0.157. The first-order valence-corrected chi connectivity index (χ1v) is 12.6. The van der Waals surface area contributed by atoms with E-state index in [0.717, 1.165) is 0 Å². The van der Waals surface area contributed by atoms with Crippen molar-refractivity contribution >= 4 is 17.7 Å². The first-order chi connectivity index (χ1) is 19.1. The van der Waals surface area contributed by atoms with Gasteiger partial charge in [-0.15, -0.1) is 0 Å². The first-order valence-electron chi connectivity index (χ1n) is 12.6. The zero-order valence-corrected chi connectivity index (χ0v) is 23.0. The van der Waals surface area contributed by atoms with Crippen LogP contribution in [0.5, 0.6) is 17.2 Å². The summed E-state index contributed by atoms with van der Waals surface area (Å²) in [4.78, 5) is 41.4. The summed E-state index contributed by atoms with van der Waals surface area (Å²) in [6, 6.07) is 14.8. The standard InChI is InChI=1S/C30H32FNO8/c1-18-15-22(31)11-12-24(18)28(40-23-9-7-6-8-10-23)20(3)39-30(35)19(2)16-25(34)27-29(38-17-37-21(4)33)26(36-5)13-14-32-27/h6-15,19-20,28H,16-17H2,1-5H3/t19-,20+,28+/m1/s1. The number of rotatable bonds is 13. The van der Waals surface area contributed by atoms with Gasteiger partial charge in [0, 0.05) is 25.6 Å². The smallest absolute Gasteiger partial charge is 0.309 e. The number of halogens is 1. The number of ketones is 1. The van der Waals surface area contributed by atoms with E-state index >= 15 is 0 Å². The molecular weight excluding hydrogens is 521 g/mol. The van der Waals surface area contributed by atoms with Gasteiger partial charge < -0.3 is 23.7 Å². The number of ether oxygens (including phenoxy) is 5. The number of hydrogen-bond donors (Lipinski definition) is 0. The lowest BCUT2D eigenvalue weighted by atomic mass is 9.99. The normalized spacial score (nSPS) is 12.9. The highest BCUT2D eigenvalue weighted by atomic mass is 19.1. The van der Waals surface area contributed by atoms with E-state index in [-0.39, 0.29) is 29.4 Å². The molecule has 0 fully saturated rings. The molecule has 0 saturated heterocycles. The van der Waals surface area contributed by atoms with Crippen LogP contribution in [-0.2, 0) is 19.1 Å². The number of pyridine rings is 1. The lowest BCUT2D eigenvalue weighted by Gasteiger charge is -2.27. The molecule has 2 aromatic carbocycles. The Balaban J connectivity index is 1.75. The molecular formula is C30H32FNO8. The number of aromatic nitrogens is 1. The number of hydrogen-bond acceptors (Lipinski definition) is 9. The van der Waals surface area contributed by atoms with Crippen LogP contribution >= 0.6 is 0 Å². The number of carbonyl (C=O) groups is 3. The largest absolute Gasteiger partial charge is 0.493 e. The predicted molar refractivity (Wildman–Crippen MR) is 143 cm³/mol. The summed E-state index contributed by atoms with van der Waals surface area (Å²) in [6.07, 6.45) is -0.398. The number of esters is 2. The monoisotopic (exact) mass is 553 g/mol. The molecule has 1 aromatic heterocycles. The Bertz CT molecular complexity index is 1330. The third-order valence-electron chi connectivity index (χ3n) is 5.98. The second-order valence-corrected chi connectivity index (χ2v) is 9.11. The second-order valence-electron chi connectivity index (χ2n) is 9.11. The van der Waals surface area contributed by atoms with Crippen molar-refractivity contribution in [3.63, 3.8) is 0 Å². The summed E-state index contributed by atoms with van der Waals surface area (Å²) in [5.41, 5.74) is 1.22. The van der Waals surface area contributed by atoms with E-state index in [9.17, 15) is 18.8 Å². The third kappa shape index (κ3) is 8.02. The van der Waals surface area contributed by atoms with Gasteiger partial charge in [-0.05, 0) is 49.2 Å². The van der Waals surface area contributed by atoms with Gasteiger partial charge in [-0.25, -0.2) is 9.37 Å². The van der Waals surface area contributed by atoms with Crippen molar-refractivity contribution in [1.82, 2.24) is 4.98 Å². The zero-order chi connectivity index (χ0) is 29.2. The SMILES string of the molecule is COc1ccnc(C(=O)C[C@@H](C)C(=O)O[C@@H](C)[C@H](Oc2ccccc2)c2ccc(F)cc2C)c1OCOC(C)=O. The van der Waals surface area contributed by atoms with Crippen LogP contribution < -0.4 is 14.2 Å². The van der Waals surface area contributed by atoms with Gasteiger partial charge in [0.1, 0.15) is 17.7 Å². The first kappa shape index (κ1) is 30.1. The number of nitrogens with zero attached hydrogens (tertiary/aromatic N) is 1. The molecule has 0 bridgehead atoms. The van der Waals surface area contributed by atoms with Crippen LogP contribution in [0.15, 0.2) is 60.8 Å². The Morgan fingerprint density at radius 3 is 2.40 bits per heavy atom. The molecule has 0 amide bonds. The van der Waals surface area contributed by atoms with Crippen LogP contribution in [0, 0.1) is 18.7 Å². The van der Waals surface area contributed by atoms with E-state index in [1.165, 1.54) is 38.4 Å². The average molecular weight is 554 g/mol. The quantitative estimate of drug-likeness (QED) is 0.156. The molecule has 0 radical (unpaired) electrons. The van der Waals surface area contributed by atoms with Gasteiger partial charge in [-0.2, -0.15) is 0 Å². The van der Waals surface area contributed by atoms with Gasteiger partial charge in [0.05, 0.1) is 13.0 Å². The average Bonchev–Trinajstić information content (AvgIpc) is 2.92.